The first-order chi connectivity index (χ1) is 8.49. The molecule has 4 nitrogen and oxygen atoms in total. The van der Waals surface area contributed by atoms with Crippen LogP contribution in [0, 0.1) is 19.8 Å². The second-order valence-corrected chi connectivity index (χ2v) is 4.85. The Bertz CT molecular complexity index is 496. The largest absolute Gasteiger partial charge is 0.481 e. The number of aryl methyl sites for hydroxylation is 2. The average Bonchev–Trinajstić information content (AvgIpc) is 2.33. The van der Waals surface area contributed by atoms with E-state index in [4.69, 9.17) is 5.11 Å². The minimum Gasteiger partial charge on any atom is -0.481 e. The molecule has 0 aromatic heterocycles. The summed E-state index contributed by atoms with van der Waals surface area (Å²) in [5.41, 5.74) is 3.07. The van der Waals surface area contributed by atoms with Crippen LogP contribution in [0.5, 0.6) is 0 Å². The molecule has 1 atom stereocenters. The zero-order valence-corrected chi connectivity index (χ0v) is 10.6. The lowest BCUT2D eigenvalue weighted by atomic mass is 9.96. The summed E-state index contributed by atoms with van der Waals surface area (Å²) in [5.74, 6) is -1.27. The lowest BCUT2D eigenvalue weighted by Gasteiger charge is -2.31. The van der Waals surface area contributed by atoms with E-state index >= 15 is 0 Å². The van der Waals surface area contributed by atoms with Crippen LogP contribution in [0.25, 0.3) is 0 Å². The molecule has 1 aliphatic heterocycles. The number of amides is 1. The zero-order valence-electron chi connectivity index (χ0n) is 10.6. The van der Waals surface area contributed by atoms with E-state index in [2.05, 4.69) is 0 Å². The van der Waals surface area contributed by atoms with Crippen molar-refractivity contribution in [1.29, 1.82) is 0 Å². The minimum absolute atomic E-state index is 0.00996. The highest BCUT2D eigenvalue weighted by Crippen LogP contribution is 2.26. The van der Waals surface area contributed by atoms with Crippen LogP contribution >= 0.6 is 0 Å². The van der Waals surface area contributed by atoms with Crippen molar-refractivity contribution in [2.45, 2.75) is 26.7 Å². The van der Waals surface area contributed by atoms with E-state index in [-0.39, 0.29) is 12.5 Å². The number of carboxylic acids is 1. The van der Waals surface area contributed by atoms with Gasteiger partial charge in [-0.15, -0.1) is 0 Å². The van der Waals surface area contributed by atoms with Gasteiger partial charge in [-0.25, -0.2) is 0 Å². The van der Waals surface area contributed by atoms with Gasteiger partial charge >= 0.3 is 5.97 Å². The van der Waals surface area contributed by atoms with Crippen molar-refractivity contribution in [3.05, 3.63) is 29.3 Å². The van der Waals surface area contributed by atoms with Crippen molar-refractivity contribution in [1.82, 2.24) is 0 Å². The number of nitrogens with zero attached hydrogens (tertiary/aromatic N) is 1. The van der Waals surface area contributed by atoms with Crippen molar-refractivity contribution in [2.24, 2.45) is 5.92 Å². The predicted octanol–water partition coefficient (Wildman–Crippen LogP) is 2.13. The first kappa shape index (κ1) is 12.6. The fourth-order valence-corrected chi connectivity index (χ4v) is 2.19. The van der Waals surface area contributed by atoms with Gasteiger partial charge in [-0.2, -0.15) is 0 Å². The van der Waals surface area contributed by atoms with E-state index in [1.165, 1.54) is 0 Å². The quantitative estimate of drug-likeness (QED) is 0.871. The molecular formula is C14H17NO3. The van der Waals surface area contributed by atoms with Crippen molar-refractivity contribution in [2.75, 3.05) is 11.4 Å². The van der Waals surface area contributed by atoms with Gasteiger partial charge < -0.3 is 10.0 Å². The Morgan fingerprint density at radius 3 is 2.67 bits per heavy atom. The Labute approximate surface area is 106 Å². The van der Waals surface area contributed by atoms with Crippen molar-refractivity contribution >= 4 is 17.6 Å². The van der Waals surface area contributed by atoms with E-state index < -0.39 is 11.9 Å². The van der Waals surface area contributed by atoms with Gasteiger partial charge in [0.15, 0.2) is 0 Å². The molecule has 4 heteroatoms. The highest BCUT2D eigenvalue weighted by Gasteiger charge is 2.30. The molecule has 1 amide bonds. The van der Waals surface area contributed by atoms with Gasteiger partial charge in [0.25, 0.3) is 0 Å². The Balaban J connectivity index is 2.26. The van der Waals surface area contributed by atoms with Crippen molar-refractivity contribution in [3.63, 3.8) is 0 Å². The molecule has 96 valence electrons. The van der Waals surface area contributed by atoms with Crippen molar-refractivity contribution in [3.8, 4) is 0 Å². The van der Waals surface area contributed by atoms with Gasteiger partial charge in [-0.1, -0.05) is 6.07 Å². The molecule has 0 saturated carbocycles. The summed E-state index contributed by atoms with van der Waals surface area (Å²) < 4.78 is 0. The summed E-state index contributed by atoms with van der Waals surface area (Å²) in [6.45, 7) is 4.27. The number of hydrogen-bond acceptors (Lipinski definition) is 2. The van der Waals surface area contributed by atoms with Gasteiger partial charge in [0.1, 0.15) is 0 Å². The molecule has 1 aromatic carbocycles. The number of carbonyl (C=O) groups is 2. The maximum atomic E-state index is 11.9. The second-order valence-electron chi connectivity index (χ2n) is 4.85. The summed E-state index contributed by atoms with van der Waals surface area (Å²) in [6.07, 6.45) is 0.749. The SMILES string of the molecule is Cc1ccc(N2C[C@H](C(=O)O)CCC2=O)cc1C. The van der Waals surface area contributed by atoms with Gasteiger partial charge in [0.05, 0.1) is 5.92 Å². The summed E-state index contributed by atoms with van der Waals surface area (Å²) in [4.78, 5) is 24.5. The minimum atomic E-state index is -0.823. The molecule has 0 bridgehead atoms. The molecule has 0 aliphatic carbocycles. The summed E-state index contributed by atoms with van der Waals surface area (Å²) in [5, 5.41) is 9.05. The second kappa shape index (κ2) is 4.80. The first-order valence-corrected chi connectivity index (χ1v) is 6.09. The maximum Gasteiger partial charge on any atom is 0.308 e. The van der Waals surface area contributed by atoms with E-state index in [0.717, 1.165) is 16.8 Å². The van der Waals surface area contributed by atoms with E-state index in [1.807, 2.05) is 32.0 Å². The normalized spacial score (nSPS) is 20.0. The number of carbonyl (C=O) groups excluding carboxylic acids is 1. The highest BCUT2D eigenvalue weighted by atomic mass is 16.4. The molecular weight excluding hydrogens is 230 g/mol. The van der Waals surface area contributed by atoms with Gasteiger partial charge in [0.2, 0.25) is 5.91 Å². The number of hydrogen-bond donors (Lipinski definition) is 1. The zero-order chi connectivity index (χ0) is 13.3. The Morgan fingerprint density at radius 1 is 1.33 bits per heavy atom. The molecule has 1 N–H and O–H groups in total. The third-order valence-corrected chi connectivity index (χ3v) is 3.56. The molecule has 18 heavy (non-hydrogen) atoms. The molecule has 1 aromatic rings. The number of piperidine rings is 1. The average molecular weight is 247 g/mol. The molecule has 1 saturated heterocycles. The van der Waals surface area contributed by atoms with Crippen LogP contribution < -0.4 is 4.90 Å². The molecule has 0 unspecified atom stereocenters. The lowest BCUT2D eigenvalue weighted by molar-refractivity contribution is -0.142. The Kier molecular flexibility index (Phi) is 3.36. The van der Waals surface area contributed by atoms with E-state index in [1.54, 1.807) is 4.90 Å². The van der Waals surface area contributed by atoms with Crippen LogP contribution in [-0.2, 0) is 9.59 Å². The lowest BCUT2D eigenvalue weighted by Crippen LogP contribution is -2.42. The maximum absolute atomic E-state index is 11.9. The monoisotopic (exact) mass is 247 g/mol. The molecule has 1 aliphatic rings. The van der Waals surface area contributed by atoms with Crippen LogP contribution in [-0.4, -0.2) is 23.5 Å². The number of anilines is 1. The van der Waals surface area contributed by atoms with E-state index in [0.29, 0.717) is 12.8 Å². The van der Waals surface area contributed by atoms with Gasteiger partial charge in [0, 0.05) is 18.7 Å². The van der Waals surface area contributed by atoms with Crippen LogP contribution in [0.1, 0.15) is 24.0 Å². The third kappa shape index (κ3) is 2.37. The first-order valence-electron chi connectivity index (χ1n) is 6.09. The van der Waals surface area contributed by atoms with Gasteiger partial charge in [-0.3, -0.25) is 9.59 Å². The highest BCUT2D eigenvalue weighted by molar-refractivity contribution is 5.95. The molecule has 1 fully saturated rings. The fraction of sp³-hybridized carbons (Fsp3) is 0.429. The Morgan fingerprint density at radius 2 is 2.06 bits per heavy atom. The summed E-state index contributed by atoms with van der Waals surface area (Å²) in [7, 11) is 0. The molecule has 0 spiro atoms. The number of carboxylic acid groups (broad SMARTS) is 1. The standard InChI is InChI=1S/C14H17NO3/c1-9-3-5-12(7-10(9)2)15-8-11(14(17)18)4-6-13(15)16/h3,5,7,11H,4,6,8H2,1-2H3,(H,17,18)/t11-/m1/s1. The fourth-order valence-electron chi connectivity index (χ4n) is 2.19. The number of rotatable bonds is 2. The number of benzene rings is 1. The molecule has 1 heterocycles. The van der Waals surface area contributed by atoms with Gasteiger partial charge in [-0.05, 0) is 43.5 Å². The van der Waals surface area contributed by atoms with Crippen LogP contribution in [0.4, 0.5) is 5.69 Å². The van der Waals surface area contributed by atoms with Crippen LogP contribution in [0.3, 0.4) is 0 Å². The molecule has 2 rings (SSSR count). The predicted molar refractivity (Wildman–Crippen MR) is 68.6 cm³/mol. The topological polar surface area (TPSA) is 57.6 Å². The third-order valence-electron chi connectivity index (χ3n) is 3.56. The van der Waals surface area contributed by atoms with Crippen LogP contribution in [0.2, 0.25) is 0 Å². The summed E-state index contributed by atoms with van der Waals surface area (Å²) >= 11 is 0. The molecule has 0 radical (unpaired) electrons. The smallest absolute Gasteiger partial charge is 0.308 e. The summed E-state index contributed by atoms with van der Waals surface area (Å²) in [6, 6.07) is 5.78. The number of aliphatic carboxylic acids is 1. The Hall–Kier alpha value is -1.84. The van der Waals surface area contributed by atoms with Crippen molar-refractivity contribution < 1.29 is 14.7 Å². The van der Waals surface area contributed by atoms with E-state index in [9.17, 15) is 9.59 Å². The van der Waals surface area contributed by atoms with Crippen LogP contribution in [0.15, 0.2) is 18.2 Å².